The van der Waals surface area contributed by atoms with E-state index in [4.69, 9.17) is 9.47 Å². The molecule has 2 saturated heterocycles. The maximum absolute atomic E-state index is 12.6. The molecule has 1 amide bonds. The summed E-state index contributed by atoms with van der Waals surface area (Å²) in [4.78, 5) is 17.0. The van der Waals surface area contributed by atoms with Gasteiger partial charge in [-0.25, -0.2) is 0 Å². The molecule has 0 spiro atoms. The predicted molar refractivity (Wildman–Crippen MR) is 97.9 cm³/mol. The van der Waals surface area contributed by atoms with Gasteiger partial charge in [-0.15, -0.1) is 0 Å². The third-order valence-corrected chi connectivity index (χ3v) is 5.27. The van der Waals surface area contributed by atoms with Crippen molar-refractivity contribution in [1.29, 1.82) is 0 Å². The van der Waals surface area contributed by atoms with Crippen LogP contribution in [0.5, 0.6) is 5.75 Å². The molecule has 2 fully saturated rings. The van der Waals surface area contributed by atoms with Crippen molar-refractivity contribution in [2.75, 3.05) is 45.9 Å². The van der Waals surface area contributed by atoms with E-state index >= 15 is 0 Å². The van der Waals surface area contributed by atoms with Crippen LogP contribution in [0.2, 0.25) is 0 Å². The van der Waals surface area contributed by atoms with Gasteiger partial charge in [-0.3, -0.25) is 4.79 Å². The Morgan fingerprint density at radius 1 is 1.20 bits per heavy atom. The zero-order chi connectivity index (χ0) is 17.6. The van der Waals surface area contributed by atoms with Crippen LogP contribution in [0.25, 0.3) is 0 Å². The molecule has 2 aliphatic heterocycles. The first-order chi connectivity index (χ1) is 12.2. The van der Waals surface area contributed by atoms with E-state index in [1.54, 1.807) is 0 Å². The van der Waals surface area contributed by atoms with Gasteiger partial charge in [0.1, 0.15) is 5.75 Å². The maximum atomic E-state index is 12.6. The van der Waals surface area contributed by atoms with Gasteiger partial charge in [-0.2, -0.15) is 0 Å². The minimum Gasteiger partial charge on any atom is -0.494 e. The molecule has 0 aromatic heterocycles. The van der Waals surface area contributed by atoms with Crippen LogP contribution in [0.1, 0.15) is 25.8 Å². The molecule has 1 aromatic carbocycles. The summed E-state index contributed by atoms with van der Waals surface area (Å²) in [5, 5.41) is 0. The third-order valence-electron chi connectivity index (χ3n) is 5.27. The Labute approximate surface area is 150 Å². The van der Waals surface area contributed by atoms with Crippen molar-refractivity contribution in [3.8, 4) is 5.75 Å². The van der Waals surface area contributed by atoms with Gasteiger partial charge in [-0.05, 0) is 37.6 Å². The zero-order valence-electron chi connectivity index (χ0n) is 15.4. The average Bonchev–Trinajstić information content (AvgIpc) is 2.93. The van der Waals surface area contributed by atoms with E-state index in [1.807, 2.05) is 24.0 Å². The molecule has 2 heterocycles. The molecule has 2 aliphatic rings. The third kappa shape index (κ3) is 4.73. The normalized spacial score (nSPS) is 24.0. The number of benzene rings is 1. The van der Waals surface area contributed by atoms with Gasteiger partial charge >= 0.3 is 0 Å². The van der Waals surface area contributed by atoms with E-state index in [0.29, 0.717) is 18.9 Å². The molecule has 5 nitrogen and oxygen atoms in total. The number of fused-ring (bicyclic) bond motifs is 1. The second-order valence-corrected chi connectivity index (χ2v) is 6.94. The Bertz CT molecular complexity index is 561. The highest BCUT2D eigenvalue weighted by molar-refractivity contribution is 5.76. The number of likely N-dealkylation sites (tertiary alicyclic amines) is 1. The lowest BCUT2D eigenvalue weighted by molar-refractivity contribution is -0.130. The zero-order valence-corrected chi connectivity index (χ0v) is 15.4. The number of nitrogens with zero attached hydrogens (tertiary/aromatic N) is 2. The second kappa shape index (κ2) is 8.68. The van der Waals surface area contributed by atoms with Crippen LogP contribution in [-0.2, 0) is 16.0 Å². The van der Waals surface area contributed by atoms with Crippen molar-refractivity contribution in [1.82, 2.24) is 9.80 Å². The second-order valence-electron chi connectivity index (χ2n) is 6.94. The Kier molecular flexibility index (Phi) is 6.32. The summed E-state index contributed by atoms with van der Waals surface area (Å²) in [6.45, 7) is 10.3. The number of hydrogen-bond donors (Lipinski definition) is 0. The van der Waals surface area contributed by atoms with Gasteiger partial charge < -0.3 is 19.3 Å². The van der Waals surface area contributed by atoms with Crippen LogP contribution < -0.4 is 4.74 Å². The van der Waals surface area contributed by atoms with Crippen LogP contribution in [0, 0.1) is 5.92 Å². The summed E-state index contributed by atoms with van der Waals surface area (Å²) in [6, 6.07) is 8.05. The van der Waals surface area contributed by atoms with Gasteiger partial charge in [0.2, 0.25) is 5.91 Å². The highest BCUT2D eigenvalue weighted by atomic mass is 16.5. The van der Waals surface area contributed by atoms with Crippen molar-refractivity contribution in [2.24, 2.45) is 5.92 Å². The highest BCUT2D eigenvalue weighted by Gasteiger charge is 2.37. The number of amides is 1. The van der Waals surface area contributed by atoms with Crippen LogP contribution in [0.4, 0.5) is 0 Å². The number of carbonyl (C=O) groups is 1. The van der Waals surface area contributed by atoms with Crippen LogP contribution in [-0.4, -0.2) is 67.7 Å². The standard InChI is InChI=1S/C20H30N2O3/c1-3-21-11-12-25-19-15-22(14-17(19)13-21)20(23)10-7-16-5-8-18(9-6-16)24-4-2/h5-6,8-9,17,19H,3-4,7,10-15H2,1-2H3/t17-,19+/m1/s1. The first-order valence-corrected chi connectivity index (χ1v) is 9.53. The molecule has 138 valence electrons. The van der Waals surface area contributed by atoms with Crippen molar-refractivity contribution >= 4 is 5.91 Å². The fourth-order valence-electron chi connectivity index (χ4n) is 3.78. The average molecular weight is 346 g/mol. The number of likely N-dealkylation sites (N-methyl/N-ethyl adjacent to an activating group) is 1. The lowest BCUT2D eigenvalue weighted by atomic mass is 10.1. The molecule has 2 atom stereocenters. The minimum atomic E-state index is 0.214. The molecule has 0 bridgehead atoms. The monoisotopic (exact) mass is 346 g/mol. The summed E-state index contributed by atoms with van der Waals surface area (Å²) < 4.78 is 11.4. The van der Waals surface area contributed by atoms with E-state index in [2.05, 4.69) is 24.0 Å². The number of hydrogen-bond acceptors (Lipinski definition) is 4. The summed E-state index contributed by atoms with van der Waals surface area (Å²) in [6.07, 6.45) is 1.55. The van der Waals surface area contributed by atoms with Gasteiger partial charge in [0.15, 0.2) is 0 Å². The number of ether oxygens (including phenoxy) is 2. The molecule has 0 saturated carbocycles. The van der Waals surface area contributed by atoms with Crippen LogP contribution in [0.15, 0.2) is 24.3 Å². The van der Waals surface area contributed by atoms with E-state index in [1.165, 1.54) is 5.56 Å². The fourth-order valence-corrected chi connectivity index (χ4v) is 3.78. The van der Waals surface area contributed by atoms with Crippen molar-refractivity contribution < 1.29 is 14.3 Å². The summed E-state index contributed by atoms with van der Waals surface area (Å²) in [5.74, 6) is 1.58. The summed E-state index contributed by atoms with van der Waals surface area (Å²) in [5.41, 5.74) is 1.18. The first kappa shape index (κ1) is 18.2. The summed E-state index contributed by atoms with van der Waals surface area (Å²) in [7, 11) is 0. The van der Waals surface area contributed by atoms with E-state index in [0.717, 1.165) is 51.5 Å². The Morgan fingerprint density at radius 3 is 2.72 bits per heavy atom. The topological polar surface area (TPSA) is 42.0 Å². The molecule has 0 N–H and O–H groups in total. The van der Waals surface area contributed by atoms with E-state index < -0.39 is 0 Å². The van der Waals surface area contributed by atoms with Crippen LogP contribution >= 0.6 is 0 Å². The molecule has 1 aromatic rings. The highest BCUT2D eigenvalue weighted by Crippen LogP contribution is 2.24. The molecule has 25 heavy (non-hydrogen) atoms. The smallest absolute Gasteiger partial charge is 0.223 e. The summed E-state index contributed by atoms with van der Waals surface area (Å²) >= 11 is 0. The Hall–Kier alpha value is -1.59. The first-order valence-electron chi connectivity index (χ1n) is 9.53. The Balaban J connectivity index is 1.49. The number of rotatable bonds is 6. The molecule has 0 radical (unpaired) electrons. The molecule has 0 aliphatic carbocycles. The molecular formula is C20H30N2O3. The molecule has 0 unspecified atom stereocenters. The number of carbonyl (C=O) groups excluding carboxylic acids is 1. The van der Waals surface area contributed by atoms with E-state index in [-0.39, 0.29) is 12.0 Å². The lowest BCUT2D eigenvalue weighted by Crippen LogP contribution is -2.33. The maximum Gasteiger partial charge on any atom is 0.223 e. The van der Waals surface area contributed by atoms with Crippen molar-refractivity contribution in [3.63, 3.8) is 0 Å². The SMILES string of the molecule is CCOc1ccc(CCC(=O)N2C[C@H]3CN(CC)CCO[C@H]3C2)cc1. The van der Waals surface area contributed by atoms with Gasteiger partial charge in [0.25, 0.3) is 0 Å². The molecular weight excluding hydrogens is 316 g/mol. The molecule has 5 heteroatoms. The van der Waals surface area contributed by atoms with Crippen LogP contribution in [0.3, 0.4) is 0 Å². The lowest BCUT2D eigenvalue weighted by Gasteiger charge is -2.21. The fraction of sp³-hybridized carbons (Fsp3) is 0.650. The minimum absolute atomic E-state index is 0.214. The predicted octanol–water partition coefficient (Wildman–Crippen LogP) is 2.20. The van der Waals surface area contributed by atoms with Crippen molar-refractivity contribution in [3.05, 3.63) is 29.8 Å². The quantitative estimate of drug-likeness (QED) is 0.792. The molecule has 3 rings (SSSR count). The van der Waals surface area contributed by atoms with Gasteiger partial charge in [0, 0.05) is 38.5 Å². The van der Waals surface area contributed by atoms with E-state index in [9.17, 15) is 4.79 Å². The van der Waals surface area contributed by atoms with Crippen molar-refractivity contribution in [2.45, 2.75) is 32.8 Å². The number of aryl methyl sites for hydroxylation is 1. The van der Waals surface area contributed by atoms with Gasteiger partial charge in [-0.1, -0.05) is 19.1 Å². The Morgan fingerprint density at radius 2 is 2.00 bits per heavy atom. The largest absolute Gasteiger partial charge is 0.494 e. The van der Waals surface area contributed by atoms with Gasteiger partial charge in [0.05, 0.1) is 19.3 Å².